The second-order valence-corrected chi connectivity index (χ2v) is 27.7. The zero-order valence-electron chi connectivity index (χ0n) is 28.8. The fourth-order valence-electron chi connectivity index (χ4n) is 7.47. The first-order chi connectivity index (χ1) is 21.8. The minimum absolute atomic E-state index is 0.124. The molecule has 11 heteroatoms. The standard InChI is InChI=1S/C36H47NO7SSi2/c1-22-15-17-25(18-16-22)45(40,41)37-21-24-19-27(46(4,5)6)28(47(7,8)9)20-26(24)29-30(37)33-34(44-36(2,3)43-33)31(38)32(29)42-35(39)23-13-11-10-12-14-23/h10-20,29-34,38H,21H2,1-9H3/t29-,30-,31+,32-,33+,34-/m1/s1. The van der Waals surface area contributed by atoms with Crippen LogP contribution in [0.15, 0.2) is 71.6 Å². The molecule has 3 aromatic carbocycles. The van der Waals surface area contributed by atoms with E-state index in [1.807, 2.05) is 13.0 Å². The van der Waals surface area contributed by atoms with Crippen LogP contribution < -0.4 is 10.4 Å². The normalized spacial score (nSPS) is 27.4. The van der Waals surface area contributed by atoms with E-state index in [0.717, 1.165) is 16.7 Å². The van der Waals surface area contributed by atoms with Gasteiger partial charge in [-0.25, -0.2) is 13.2 Å². The van der Waals surface area contributed by atoms with E-state index in [0.29, 0.717) is 5.56 Å². The van der Waals surface area contributed by atoms with Gasteiger partial charge in [-0.05, 0) is 56.2 Å². The lowest BCUT2D eigenvalue weighted by Gasteiger charge is -2.52. The Morgan fingerprint density at radius 3 is 2.06 bits per heavy atom. The summed E-state index contributed by atoms with van der Waals surface area (Å²) in [4.78, 5) is 13.9. The van der Waals surface area contributed by atoms with E-state index in [9.17, 15) is 18.3 Å². The van der Waals surface area contributed by atoms with Crippen molar-refractivity contribution in [3.63, 3.8) is 0 Å². The predicted molar refractivity (Wildman–Crippen MR) is 188 cm³/mol. The molecule has 1 saturated heterocycles. The van der Waals surface area contributed by atoms with Crippen LogP contribution in [0, 0.1) is 6.92 Å². The number of hydrogen-bond acceptors (Lipinski definition) is 7. The summed E-state index contributed by atoms with van der Waals surface area (Å²) in [5.41, 5.74) is 3.07. The van der Waals surface area contributed by atoms with Crippen LogP contribution in [0.25, 0.3) is 0 Å². The van der Waals surface area contributed by atoms with Crippen molar-refractivity contribution in [1.29, 1.82) is 0 Å². The summed E-state index contributed by atoms with van der Waals surface area (Å²) < 4.78 is 50.0. The lowest BCUT2D eigenvalue weighted by Crippen LogP contribution is -2.67. The number of rotatable bonds is 6. The third kappa shape index (κ3) is 6.20. The highest BCUT2D eigenvalue weighted by molar-refractivity contribution is 7.89. The average molecular weight is 694 g/mol. The summed E-state index contributed by atoms with van der Waals surface area (Å²) in [6, 6.07) is 19.2. The monoisotopic (exact) mass is 693 g/mol. The first kappa shape index (κ1) is 34.2. The molecule has 47 heavy (non-hydrogen) atoms. The molecule has 252 valence electrons. The van der Waals surface area contributed by atoms with Gasteiger partial charge in [0.05, 0.1) is 32.6 Å². The van der Waals surface area contributed by atoms with Gasteiger partial charge in [-0.3, -0.25) is 0 Å². The number of ether oxygens (including phenoxy) is 3. The fourth-order valence-corrected chi connectivity index (χ4v) is 14.3. The molecule has 8 nitrogen and oxygen atoms in total. The second-order valence-electron chi connectivity index (χ2n) is 15.8. The predicted octanol–water partition coefficient (Wildman–Crippen LogP) is 4.86. The highest BCUT2D eigenvalue weighted by Crippen LogP contribution is 2.50. The molecule has 0 spiro atoms. The van der Waals surface area contributed by atoms with Gasteiger partial charge in [-0.1, -0.05) is 97.7 Å². The highest BCUT2D eigenvalue weighted by atomic mass is 32.2. The van der Waals surface area contributed by atoms with E-state index in [-0.39, 0.29) is 11.4 Å². The first-order valence-corrected chi connectivity index (χ1v) is 24.8. The Bertz CT molecular complexity index is 1780. The van der Waals surface area contributed by atoms with Crippen molar-refractivity contribution in [3.8, 4) is 0 Å². The van der Waals surface area contributed by atoms with E-state index in [2.05, 4.69) is 51.4 Å². The number of esters is 1. The summed E-state index contributed by atoms with van der Waals surface area (Å²) in [5.74, 6) is -2.40. The van der Waals surface area contributed by atoms with Gasteiger partial charge in [-0.15, -0.1) is 0 Å². The Morgan fingerprint density at radius 2 is 1.47 bits per heavy atom. The van der Waals surface area contributed by atoms with Gasteiger partial charge in [0.2, 0.25) is 10.0 Å². The van der Waals surface area contributed by atoms with Crippen LogP contribution >= 0.6 is 0 Å². The molecule has 0 bridgehead atoms. The topological polar surface area (TPSA) is 102 Å². The van der Waals surface area contributed by atoms with Gasteiger partial charge >= 0.3 is 5.97 Å². The Morgan fingerprint density at radius 1 is 0.894 bits per heavy atom. The number of fused-ring (bicyclic) bond motifs is 5. The third-order valence-corrected chi connectivity index (χ3v) is 15.9. The Labute approximate surface area is 281 Å². The number of nitrogens with zero attached hydrogens (tertiary/aromatic N) is 1. The molecule has 6 rings (SSSR count). The molecule has 0 aromatic heterocycles. The summed E-state index contributed by atoms with van der Waals surface area (Å²) in [7, 11) is -7.87. The minimum Gasteiger partial charge on any atom is -0.455 e. The first-order valence-electron chi connectivity index (χ1n) is 16.4. The van der Waals surface area contributed by atoms with Crippen molar-refractivity contribution < 1.29 is 32.5 Å². The lowest BCUT2D eigenvalue weighted by molar-refractivity contribution is -0.160. The van der Waals surface area contributed by atoms with Gasteiger partial charge in [-0.2, -0.15) is 4.31 Å². The van der Waals surface area contributed by atoms with Crippen molar-refractivity contribution in [2.24, 2.45) is 0 Å². The molecule has 3 aromatic rings. The number of carbonyl (C=O) groups is 1. The molecule has 3 aliphatic rings. The van der Waals surface area contributed by atoms with Crippen molar-refractivity contribution in [2.75, 3.05) is 0 Å². The molecular weight excluding hydrogens is 647 g/mol. The molecular formula is C36H47NO7SSi2. The van der Waals surface area contributed by atoms with Gasteiger partial charge in [0, 0.05) is 12.5 Å². The van der Waals surface area contributed by atoms with Crippen molar-refractivity contribution in [3.05, 3.63) is 89.0 Å². The zero-order valence-corrected chi connectivity index (χ0v) is 31.6. The molecule has 2 heterocycles. The SMILES string of the molecule is Cc1ccc(S(=O)(=O)N2Cc3cc([Si](C)(C)C)c([Si](C)(C)C)cc3[C@H]3[C@@H](OC(=O)c4ccccc4)[C@H](O)[C@H]4OC(C)(C)O[C@H]4[C@@H]32)cc1. The number of aliphatic hydroxyl groups is 1. The smallest absolute Gasteiger partial charge is 0.338 e. The Kier molecular flexibility index (Phi) is 8.56. The van der Waals surface area contributed by atoms with E-state index < -0.39 is 74.3 Å². The van der Waals surface area contributed by atoms with E-state index in [4.69, 9.17) is 14.2 Å². The molecule has 2 aliphatic heterocycles. The highest BCUT2D eigenvalue weighted by Gasteiger charge is 2.64. The average Bonchev–Trinajstić information content (AvgIpc) is 3.32. The maximum Gasteiger partial charge on any atom is 0.338 e. The number of hydrogen-bond donors (Lipinski definition) is 1. The molecule has 0 unspecified atom stereocenters. The maximum absolute atomic E-state index is 14.7. The van der Waals surface area contributed by atoms with Gasteiger partial charge < -0.3 is 19.3 Å². The van der Waals surface area contributed by atoms with E-state index in [1.165, 1.54) is 14.7 Å². The maximum atomic E-state index is 14.7. The van der Waals surface area contributed by atoms with Crippen LogP contribution in [-0.2, 0) is 30.8 Å². The second kappa shape index (κ2) is 11.8. The number of benzene rings is 3. The van der Waals surface area contributed by atoms with Gasteiger partial charge in [0.1, 0.15) is 24.4 Å². The van der Waals surface area contributed by atoms with Crippen LogP contribution in [0.3, 0.4) is 0 Å². The Hall–Kier alpha value is -2.65. The molecule has 0 amide bonds. The Balaban J connectivity index is 1.61. The number of aryl methyl sites for hydroxylation is 1. The van der Waals surface area contributed by atoms with Gasteiger partial charge in [0.25, 0.3) is 0 Å². The molecule has 1 aliphatic carbocycles. The summed E-state index contributed by atoms with van der Waals surface area (Å²) in [6.45, 7) is 19.5. The quantitative estimate of drug-likeness (QED) is 0.291. The van der Waals surface area contributed by atoms with Crippen molar-refractivity contribution in [1.82, 2.24) is 4.31 Å². The van der Waals surface area contributed by atoms with Crippen LogP contribution in [0.4, 0.5) is 0 Å². The largest absolute Gasteiger partial charge is 0.455 e. The van der Waals surface area contributed by atoms with Crippen LogP contribution in [0.5, 0.6) is 0 Å². The minimum atomic E-state index is -4.08. The number of carbonyl (C=O) groups excluding carboxylic acids is 1. The third-order valence-electron chi connectivity index (χ3n) is 9.69. The summed E-state index contributed by atoms with van der Waals surface area (Å²) in [5, 5.41) is 14.7. The van der Waals surface area contributed by atoms with Crippen LogP contribution in [0.2, 0.25) is 39.3 Å². The number of aliphatic hydroxyl groups excluding tert-OH is 1. The van der Waals surface area contributed by atoms with Crippen LogP contribution in [0.1, 0.15) is 46.8 Å². The summed E-state index contributed by atoms with van der Waals surface area (Å²) in [6.07, 6.45) is -4.10. The van der Waals surface area contributed by atoms with Crippen molar-refractivity contribution >= 4 is 42.5 Å². The molecule has 6 atom stereocenters. The van der Waals surface area contributed by atoms with Crippen molar-refractivity contribution in [2.45, 2.75) is 114 Å². The molecule has 0 radical (unpaired) electrons. The number of sulfonamides is 1. The van der Waals surface area contributed by atoms with Gasteiger partial charge in [0.15, 0.2) is 5.79 Å². The lowest BCUT2D eigenvalue weighted by atomic mass is 9.70. The van der Waals surface area contributed by atoms with E-state index >= 15 is 0 Å². The van der Waals surface area contributed by atoms with Crippen LogP contribution in [-0.4, -0.2) is 76.2 Å². The molecule has 1 N–H and O–H groups in total. The zero-order chi connectivity index (χ0) is 34.3. The fraction of sp³-hybridized carbons (Fsp3) is 0.472. The molecule has 1 saturated carbocycles. The molecule has 2 fully saturated rings. The van der Waals surface area contributed by atoms with E-state index in [1.54, 1.807) is 62.4 Å². The summed E-state index contributed by atoms with van der Waals surface area (Å²) >= 11 is 0.